The molecule has 1 saturated carbocycles. The molecule has 102 valence electrons. The summed E-state index contributed by atoms with van der Waals surface area (Å²) in [5.74, 6) is 0.388. The van der Waals surface area contributed by atoms with Gasteiger partial charge in [0.2, 0.25) is 0 Å². The number of halogens is 2. The molecule has 2 heterocycles. The van der Waals surface area contributed by atoms with E-state index >= 15 is 0 Å². The lowest BCUT2D eigenvalue weighted by atomic mass is 10.00. The normalized spacial score (nSPS) is 29.6. The van der Waals surface area contributed by atoms with Crippen LogP contribution in [0, 0.1) is 11.8 Å². The highest BCUT2D eigenvalue weighted by atomic mass is 35.5. The summed E-state index contributed by atoms with van der Waals surface area (Å²) in [6, 6.07) is 1.43. The fraction of sp³-hybridized carbons (Fsp3) is 0.583. The van der Waals surface area contributed by atoms with Crippen LogP contribution < -0.4 is 0 Å². The molecule has 0 aromatic carbocycles. The van der Waals surface area contributed by atoms with E-state index in [1.54, 1.807) is 4.90 Å². The summed E-state index contributed by atoms with van der Waals surface area (Å²) in [6.45, 7) is 1.23. The Bertz CT molecular complexity index is 526. The van der Waals surface area contributed by atoms with Crippen molar-refractivity contribution in [1.29, 1.82) is 0 Å². The van der Waals surface area contributed by atoms with Gasteiger partial charge in [0.05, 0.1) is 11.7 Å². The zero-order valence-electron chi connectivity index (χ0n) is 10.1. The molecule has 19 heavy (non-hydrogen) atoms. The quantitative estimate of drug-likeness (QED) is 0.856. The van der Waals surface area contributed by atoms with Crippen LogP contribution in [0.1, 0.15) is 23.2 Å². The van der Waals surface area contributed by atoms with E-state index in [-0.39, 0.29) is 33.8 Å². The molecule has 3 unspecified atom stereocenters. The minimum Gasteiger partial charge on any atom is -0.393 e. The summed E-state index contributed by atoms with van der Waals surface area (Å²) >= 11 is 11.6. The Hall–Kier alpha value is -0.910. The van der Waals surface area contributed by atoms with Gasteiger partial charge in [-0.3, -0.25) is 4.79 Å². The Morgan fingerprint density at radius 3 is 2.84 bits per heavy atom. The molecule has 1 aliphatic carbocycles. The van der Waals surface area contributed by atoms with Crippen molar-refractivity contribution in [3.05, 3.63) is 21.9 Å². The maximum Gasteiger partial charge on any atom is 0.257 e. The van der Waals surface area contributed by atoms with Crippen LogP contribution in [-0.2, 0) is 0 Å². The maximum absolute atomic E-state index is 12.4. The predicted molar refractivity (Wildman–Crippen MR) is 70.2 cm³/mol. The SMILES string of the molecule is O=C(c1cc(Cl)nnc1Cl)N1CC2CCC(O)C2C1. The van der Waals surface area contributed by atoms with E-state index in [0.29, 0.717) is 19.0 Å². The van der Waals surface area contributed by atoms with E-state index in [0.717, 1.165) is 12.8 Å². The predicted octanol–water partition coefficient (Wildman–Crippen LogP) is 1.63. The van der Waals surface area contributed by atoms with Crippen LogP contribution in [0.5, 0.6) is 0 Å². The molecule has 1 aromatic rings. The van der Waals surface area contributed by atoms with Crippen molar-refractivity contribution in [2.24, 2.45) is 11.8 Å². The van der Waals surface area contributed by atoms with Crippen molar-refractivity contribution >= 4 is 29.1 Å². The molecule has 7 heteroatoms. The summed E-state index contributed by atoms with van der Waals surface area (Å²) in [6.07, 6.45) is 1.51. The number of carbonyl (C=O) groups excluding carboxylic acids is 1. The van der Waals surface area contributed by atoms with Crippen molar-refractivity contribution in [2.45, 2.75) is 18.9 Å². The first-order chi connectivity index (χ1) is 9.06. The van der Waals surface area contributed by atoms with Crippen molar-refractivity contribution in [3.63, 3.8) is 0 Å². The van der Waals surface area contributed by atoms with Crippen LogP contribution in [0.3, 0.4) is 0 Å². The topological polar surface area (TPSA) is 66.3 Å². The third-order valence-electron chi connectivity index (χ3n) is 4.06. The lowest BCUT2D eigenvalue weighted by Crippen LogP contribution is -2.31. The van der Waals surface area contributed by atoms with Gasteiger partial charge in [-0.2, -0.15) is 0 Å². The van der Waals surface area contributed by atoms with Gasteiger partial charge in [-0.25, -0.2) is 0 Å². The van der Waals surface area contributed by atoms with Gasteiger partial charge in [-0.05, 0) is 24.8 Å². The van der Waals surface area contributed by atoms with Crippen LogP contribution in [0.4, 0.5) is 0 Å². The van der Waals surface area contributed by atoms with E-state index in [9.17, 15) is 9.90 Å². The third-order valence-corrected chi connectivity index (χ3v) is 4.52. The summed E-state index contributed by atoms with van der Waals surface area (Å²) < 4.78 is 0. The average molecular weight is 302 g/mol. The first kappa shape index (κ1) is 13.1. The molecule has 1 aromatic heterocycles. The Balaban J connectivity index is 1.80. The molecule has 1 saturated heterocycles. The minimum absolute atomic E-state index is 0.0620. The molecule has 5 nitrogen and oxygen atoms in total. The first-order valence-corrected chi connectivity index (χ1v) is 6.98. The fourth-order valence-electron chi connectivity index (χ4n) is 3.08. The van der Waals surface area contributed by atoms with E-state index in [2.05, 4.69) is 10.2 Å². The van der Waals surface area contributed by atoms with E-state index in [4.69, 9.17) is 23.2 Å². The molecule has 1 aliphatic heterocycles. The van der Waals surface area contributed by atoms with Crippen LogP contribution in [-0.4, -0.2) is 45.3 Å². The van der Waals surface area contributed by atoms with Gasteiger partial charge in [0.15, 0.2) is 10.3 Å². The largest absolute Gasteiger partial charge is 0.393 e. The smallest absolute Gasteiger partial charge is 0.257 e. The number of fused-ring (bicyclic) bond motifs is 1. The number of amides is 1. The zero-order valence-corrected chi connectivity index (χ0v) is 11.6. The number of hydrogen-bond donors (Lipinski definition) is 1. The van der Waals surface area contributed by atoms with Gasteiger partial charge in [0.25, 0.3) is 5.91 Å². The Morgan fingerprint density at radius 1 is 1.32 bits per heavy atom. The molecule has 0 bridgehead atoms. The van der Waals surface area contributed by atoms with Crippen LogP contribution in [0.25, 0.3) is 0 Å². The highest BCUT2D eigenvalue weighted by Crippen LogP contribution is 2.38. The number of aromatic nitrogens is 2. The standard InChI is InChI=1S/C12H13Cl2N3O2/c13-10-3-7(11(14)16-15-10)12(19)17-4-6-1-2-9(18)8(6)5-17/h3,6,8-9,18H,1-2,4-5H2. The van der Waals surface area contributed by atoms with Crippen molar-refractivity contribution in [2.75, 3.05) is 13.1 Å². The van der Waals surface area contributed by atoms with Gasteiger partial charge in [-0.15, -0.1) is 10.2 Å². The van der Waals surface area contributed by atoms with Gasteiger partial charge < -0.3 is 10.0 Å². The number of rotatable bonds is 1. The van der Waals surface area contributed by atoms with E-state index in [1.165, 1.54) is 6.07 Å². The van der Waals surface area contributed by atoms with Crippen molar-refractivity contribution in [1.82, 2.24) is 15.1 Å². The van der Waals surface area contributed by atoms with Crippen LogP contribution in [0.2, 0.25) is 10.3 Å². The Kier molecular flexibility index (Phi) is 3.37. The molecule has 0 spiro atoms. The van der Waals surface area contributed by atoms with E-state index in [1.807, 2.05) is 0 Å². The Morgan fingerprint density at radius 2 is 2.11 bits per heavy atom. The maximum atomic E-state index is 12.4. The monoisotopic (exact) mass is 301 g/mol. The van der Waals surface area contributed by atoms with Crippen LogP contribution in [0.15, 0.2) is 6.07 Å². The zero-order chi connectivity index (χ0) is 13.6. The molecule has 0 radical (unpaired) electrons. The number of likely N-dealkylation sites (tertiary alicyclic amines) is 1. The molecule has 3 atom stereocenters. The highest BCUT2D eigenvalue weighted by molar-refractivity contribution is 6.34. The number of carbonyl (C=O) groups is 1. The number of aliphatic hydroxyl groups is 1. The third kappa shape index (κ3) is 2.30. The van der Waals surface area contributed by atoms with Gasteiger partial charge >= 0.3 is 0 Å². The summed E-state index contributed by atoms with van der Waals surface area (Å²) in [4.78, 5) is 14.1. The molecule has 1 N–H and O–H groups in total. The summed E-state index contributed by atoms with van der Waals surface area (Å²) in [7, 11) is 0. The number of hydrogen-bond acceptors (Lipinski definition) is 4. The fourth-order valence-corrected chi connectivity index (χ4v) is 3.40. The number of aliphatic hydroxyl groups excluding tert-OH is 1. The molecule has 3 rings (SSSR count). The molecular formula is C12H13Cl2N3O2. The van der Waals surface area contributed by atoms with Gasteiger partial charge in [0, 0.05) is 19.0 Å². The minimum atomic E-state index is -0.294. The second-order valence-corrected chi connectivity index (χ2v) is 5.90. The molecule has 1 amide bonds. The molecule has 2 fully saturated rings. The lowest BCUT2D eigenvalue weighted by molar-refractivity contribution is 0.0752. The van der Waals surface area contributed by atoms with E-state index < -0.39 is 0 Å². The second kappa shape index (κ2) is 4.89. The van der Waals surface area contributed by atoms with Crippen LogP contribution >= 0.6 is 23.2 Å². The van der Waals surface area contributed by atoms with Crippen molar-refractivity contribution < 1.29 is 9.90 Å². The molecule has 2 aliphatic rings. The number of nitrogens with zero attached hydrogens (tertiary/aromatic N) is 3. The Labute approximate surface area is 120 Å². The molecular weight excluding hydrogens is 289 g/mol. The van der Waals surface area contributed by atoms with Crippen molar-refractivity contribution in [3.8, 4) is 0 Å². The van der Waals surface area contributed by atoms with Gasteiger partial charge in [-0.1, -0.05) is 23.2 Å². The summed E-state index contributed by atoms with van der Waals surface area (Å²) in [5, 5.41) is 17.3. The first-order valence-electron chi connectivity index (χ1n) is 6.22. The average Bonchev–Trinajstić information content (AvgIpc) is 2.94. The van der Waals surface area contributed by atoms with Gasteiger partial charge in [0.1, 0.15) is 0 Å². The second-order valence-electron chi connectivity index (χ2n) is 5.15. The lowest BCUT2D eigenvalue weighted by Gasteiger charge is -2.18. The highest BCUT2D eigenvalue weighted by Gasteiger charge is 2.43. The summed E-state index contributed by atoms with van der Waals surface area (Å²) in [5.41, 5.74) is 0.274.